The zero-order chi connectivity index (χ0) is 20.6. The van der Waals surface area contributed by atoms with Gasteiger partial charge < -0.3 is 15.4 Å². The van der Waals surface area contributed by atoms with E-state index in [0.29, 0.717) is 12.2 Å². The maximum absolute atomic E-state index is 5.82. The van der Waals surface area contributed by atoms with Gasteiger partial charge in [-0.05, 0) is 31.9 Å². The molecule has 1 fully saturated rings. The van der Waals surface area contributed by atoms with Gasteiger partial charge in [0, 0.05) is 51.6 Å². The highest BCUT2D eigenvalue weighted by molar-refractivity contribution is 7.09. The summed E-state index contributed by atoms with van der Waals surface area (Å²) < 4.78 is 5.82. The number of morpholine rings is 1. The topological polar surface area (TPSA) is 61.8 Å². The van der Waals surface area contributed by atoms with E-state index >= 15 is 0 Å². The smallest absolute Gasteiger partial charge is 0.191 e. The second-order valence-corrected chi connectivity index (χ2v) is 8.79. The first-order valence-corrected chi connectivity index (χ1v) is 11.2. The molecular formula is C22H33N5OS. The largest absolute Gasteiger partial charge is 0.373 e. The quantitative estimate of drug-likeness (QED) is 0.538. The van der Waals surface area contributed by atoms with E-state index in [-0.39, 0.29) is 0 Å². The number of nitrogens with zero attached hydrogens (tertiary/aromatic N) is 3. The van der Waals surface area contributed by atoms with Crippen LogP contribution in [0, 0.1) is 6.92 Å². The number of hydrogen-bond acceptors (Lipinski definition) is 5. The molecule has 0 amide bonds. The molecule has 0 spiro atoms. The van der Waals surface area contributed by atoms with Crippen molar-refractivity contribution >= 4 is 17.3 Å². The highest BCUT2D eigenvalue weighted by atomic mass is 32.1. The van der Waals surface area contributed by atoms with E-state index in [9.17, 15) is 0 Å². The molecule has 2 heterocycles. The number of thiazole rings is 1. The summed E-state index contributed by atoms with van der Waals surface area (Å²) in [5.41, 5.74) is 3.72. The third kappa shape index (κ3) is 7.10. The number of hydrogen-bond donors (Lipinski definition) is 2. The van der Waals surface area contributed by atoms with Gasteiger partial charge in [-0.1, -0.05) is 24.3 Å². The van der Waals surface area contributed by atoms with Crippen LogP contribution < -0.4 is 10.6 Å². The van der Waals surface area contributed by atoms with E-state index in [0.717, 1.165) is 55.8 Å². The number of benzene rings is 1. The van der Waals surface area contributed by atoms with Crippen LogP contribution in [-0.4, -0.2) is 54.7 Å². The Labute approximate surface area is 178 Å². The lowest BCUT2D eigenvalue weighted by atomic mass is 10.1. The van der Waals surface area contributed by atoms with Crippen LogP contribution in [0.2, 0.25) is 0 Å². The van der Waals surface area contributed by atoms with Crippen molar-refractivity contribution in [2.45, 2.75) is 52.5 Å². The van der Waals surface area contributed by atoms with Crippen molar-refractivity contribution in [1.82, 2.24) is 20.5 Å². The summed E-state index contributed by atoms with van der Waals surface area (Å²) >= 11 is 1.69. The third-order valence-corrected chi connectivity index (χ3v) is 5.77. The fraction of sp³-hybridized carbons (Fsp3) is 0.545. The molecule has 7 heteroatoms. The van der Waals surface area contributed by atoms with Crippen molar-refractivity contribution < 1.29 is 4.74 Å². The molecule has 1 aliphatic heterocycles. The molecule has 1 aromatic carbocycles. The number of aromatic nitrogens is 1. The Morgan fingerprint density at radius 3 is 2.48 bits per heavy atom. The maximum atomic E-state index is 5.82. The first-order chi connectivity index (χ1) is 14.0. The summed E-state index contributed by atoms with van der Waals surface area (Å²) in [4.78, 5) is 11.3. The lowest BCUT2D eigenvalue weighted by Crippen LogP contribution is -2.44. The second kappa shape index (κ2) is 10.7. The minimum absolute atomic E-state index is 0.306. The molecule has 0 radical (unpaired) electrons. The van der Waals surface area contributed by atoms with Gasteiger partial charge in [-0.3, -0.25) is 9.89 Å². The zero-order valence-electron chi connectivity index (χ0n) is 17.9. The molecule has 1 aliphatic rings. The van der Waals surface area contributed by atoms with Gasteiger partial charge >= 0.3 is 0 Å². The molecule has 29 heavy (non-hydrogen) atoms. The van der Waals surface area contributed by atoms with Crippen LogP contribution in [0.3, 0.4) is 0 Å². The molecule has 0 aliphatic carbocycles. The summed E-state index contributed by atoms with van der Waals surface area (Å²) in [6, 6.07) is 8.84. The first kappa shape index (κ1) is 21.7. The van der Waals surface area contributed by atoms with Crippen LogP contribution >= 0.6 is 11.3 Å². The summed E-state index contributed by atoms with van der Waals surface area (Å²) in [5.74, 6) is 0.817. The molecule has 1 saturated heterocycles. The van der Waals surface area contributed by atoms with E-state index in [1.54, 1.807) is 18.4 Å². The standard InChI is InChI=1S/C22H33N5OS/c1-16-12-27(13-17(2)28-16)14-20-7-5-19(6-8-20)11-25-22(23-4)24-10-9-21-15-29-18(3)26-21/h5-8,15-17H,9-14H2,1-4H3,(H2,23,24,25). The van der Waals surface area contributed by atoms with Crippen LogP contribution in [0.25, 0.3) is 0 Å². The fourth-order valence-corrected chi connectivity index (χ4v) is 4.32. The Bertz CT molecular complexity index is 779. The summed E-state index contributed by atoms with van der Waals surface area (Å²) in [5, 5.41) is 9.97. The van der Waals surface area contributed by atoms with Gasteiger partial charge in [-0.15, -0.1) is 11.3 Å². The molecule has 0 bridgehead atoms. The Morgan fingerprint density at radius 1 is 1.17 bits per heavy atom. The normalized spacial score (nSPS) is 20.6. The number of nitrogens with one attached hydrogen (secondary N) is 2. The van der Waals surface area contributed by atoms with Crippen LogP contribution in [-0.2, 0) is 24.2 Å². The van der Waals surface area contributed by atoms with E-state index < -0.39 is 0 Å². The van der Waals surface area contributed by atoms with E-state index in [2.05, 4.69) is 69.0 Å². The summed E-state index contributed by atoms with van der Waals surface area (Å²) in [7, 11) is 1.80. The average Bonchev–Trinajstić information content (AvgIpc) is 3.10. The van der Waals surface area contributed by atoms with Gasteiger partial charge in [0.2, 0.25) is 0 Å². The molecular weight excluding hydrogens is 382 g/mol. The number of aryl methyl sites for hydroxylation is 1. The average molecular weight is 416 g/mol. The first-order valence-electron chi connectivity index (χ1n) is 10.3. The van der Waals surface area contributed by atoms with Gasteiger partial charge in [0.25, 0.3) is 0 Å². The van der Waals surface area contributed by atoms with Crippen LogP contribution in [0.5, 0.6) is 0 Å². The van der Waals surface area contributed by atoms with Crippen LogP contribution in [0.1, 0.15) is 35.7 Å². The minimum Gasteiger partial charge on any atom is -0.373 e. The number of ether oxygens (including phenoxy) is 1. The number of rotatable bonds is 7. The zero-order valence-corrected chi connectivity index (χ0v) is 18.8. The van der Waals surface area contributed by atoms with E-state index in [1.807, 2.05) is 6.92 Å². The van der Waals surface area contributed by atoms with E-state index in [1.165, 1.54) is 11.1 Å². The van der Waals surface area contributed by atoms with Crippen LogP contribution in [0.4, 0.5) is 0 Å². The Balaban J connectivity index is 1.41. The second-order valence-electron chi connectivity index (χ2n) is 7.73. The predicted octanol–water partition coefficient (Wildman–Crippen LogP) is 2.97. The maximum Gasteiger partial charge on any atom is 0.191 e. The fourth-order valence-electron chi connectivity index (χ4n) is 3.67. The van der Waals surface area contributed by atoms with Gasteiger partial charge in [0.05, 0.1) is 22.9 Å². The summed E-state index contributed by atoms with van der Waals surface area (Å²) in [6.07, 6.45) is 1.51. The van der Waals surface area contributed by atoms with Crippen molar-refractivity contribution in [2.24, 2.45) is 4.99 Å². The Hall–Kier alpha value is -1.96. The monoisotopic (exact) mass is 415 g/mol. The molecule has 3 rings (SSSR count). The van der Waals surface area contributed by atoms with E-state index in [4.69, 9.17) is 4.74 Å². The molecule has 158 valence electrons. The van der Waals surface area contributed by atoms with Crippen molar-refractivity contribution in [3.63, 3.8) is 0 Å². The molecule has 2 aromatic rings. The SMILES string of the molecule is CN=C(NCCc1csc(C)n1)NCc1ccc(CN2CC(C)OC(C)C2)cc1. The van der Waals surface area contributed by atoms with Crippen molar-refractivity contribution in [3.8, 4) is 0 Å². The molecule has 1 aromatic heterocycles. The van der Waals surface area contributed by atoms with Crippen LogP contribution in [0.15, 0.2) is 34.6 Å². The van der Waals surface area contributed by atoms with Crippen molar-refractivity contribution in [1.29, 1.82) is 0 Å². The highest BCUT2D eigenvalue weighted by Crippen LogP contribution is 2.15. The van der Waals surface area contributed by atoms with Gasteiger partial charge in [0.15, 0.2) is 5.96 Å². The molecule has 2 unspecified atom stereocenters. The van der Waals surface area contributed by atoms with Crippen molar-refractivity contribution in [2.75, 3.05) is 26.7 Å². The number of guanidine groups is 1. The Kier molecular flexibility index (Phi) is 8.03. The minimum atomic E-state index is 0.306. The highest BCUT2D eigenvalue weighted by Gasteiger charge is 2.21. The molecule has 6 nitrogen and oxygen atoms in total. The lowest BCUT2D eigenvalue weighted by Gasteiger charge is -2.35. The molecule has 2 atom stereocenters. The van der Waals surface area contributed by atoms with Gasteiger partial charge in [-0.25, -0.2) is 4.98 Å². The lowest BCUT2D eigenvalue weighted by molar-refractivity contribution is -0.0704. The predicted molar refractivity (Wildman–Crippen MR) is 120 cm³/mol. The van der Waals surface area contributed by atoms with Crippen molar-refractivity contribution in [3.05, 3.63) is 51.5 Å². The Morgan fingerprint density at radius 2 is 1.86 bits per heavy atom. The number of aliphatic imine (C=N–C) groups is 1. The van der Waals surface area contributed by atoms with Gasteiger partial charge in [-0.2, -0.15) is 0 Å². The molecule has 0 saturated carbocycles. The molecule has 2 N–H and O–H groups in total. The summed E-state index contributed by atoms with van der Waals surface area (Å²) in [6.45, 7) is 10.9. The third-order valence-electron chi connectivity index (χ3n) is 4.95. The van der Waals surface area contributed by atoms with Gasteiger partial charge in [0.1, 0.15) is 0 Å².